The maximum atomic E-state index is 14.8. The number of carbonyl (C=O) groups excluding carboxylic acids is 4. The van der Waals surface area contributed by atoms with Gasteiger partial charge in [-0.25, -0.2) is 4.90 Å². The van der Waals surface area contributed by atoms with Gasteiger partial charge in [0.1, 0.15) is 17.2 Å². The van der Waals surface area contributed by atoms with Crippen molar-refractivity contribution in [2.75, 3.05) is 24.0 Å². The Morgan fingerprint density at radius 2 is 1.46 bits per heavy atom. The molecule has 0 bridgehead atoms. The van der Waals surface area contributed by atoms with Crippen LogP contribution < -0.4 is 19.3 Å². The fourth-order valence-corrected chi connectivity index (χ4v) is 9.88. The lowest BCUT2D eigenvalue weighted by atomic mass is 9.51. The Bertz CT molecular complexity index is 2510. The molecule has 5 aromatic rings. The van der Waals surface area contributed by atoms with Crippen molar-refractivity contribution in [3.8, 4) is 17.2 Å². The second-order valence-electron chi connectivity index (χ2n) is 15.3. The molecule has 2 saturated heterocycles. The molecule has 9 heteroatoms. The summed E-state index contributed by atoms with van der Waals surface area (Å²) in [6.07, 6.45) is 6.37. The van der Waals surface area contributed by atoms with Gasteiger partial charge in [-0.15, -0.1) is 0 Å². The first-order valence-electron chi connectivity index (χ1n) is 18.9. The maximum absolute atomic E-state index is 14.8. The molecule has 2 heterocycles. The molecule has 1 N–H and O–H groups in total. The number of methoxy groups -OCH3 is 2. The smallest absolute Gasteiger partial charge is 0.241 e. The minimum absolute atomic E-state index is 0.0187. The lowest BCUT2D eigenvalue weighted by Crippen LogP contribution is -2.49. The van der Waals surface area contributed by atoms with Gasteiger partial charge >= 0.3 is 0 Å². The Balaban J connectivity index is 1.09. The fraction of sp³-hybridized carbons (Fsp3) is 0.234. The van der Waals surface area contributed by atoms with Crippen molar-refractivity contribution in [2.45, 2.75) is 25.7 Å². The van der Waals surface area contributed by atoms with Gasteiger partial charge in [-0.1, -0.05) is 84.5 Å². The number of anilines is 2. The fourth-order valence-electron chi connectivity index (χ4n) is 9.88. The molecule has 0 spiro atoms. The molecular formula is C47H40N2O7. The monoisotopic (exact) mass is 744 g/mol. The predicted octanol–water partition coefficient (Wildman–Crippen LogP) is 8.17. The van der Waals surface area contributed by atoms with Crippen LogP contribution in [0, 0.1) is 29.1 Å². The van der Waals surface area contributed by atoms with E-state index in [1.165, 1.54) is 9.80 Å². The number of benzene rings is 5. The normalized spacial score (nSPS) is 25.7. The topological polar surface area (TPSA) is 113 Å². The molecule has 1 saturated carbocycles. The minimum atomic E-state index is -1.27. The van der Waals surface area contributed by atoms with Crippen LogP contribution in [0.3, 0.4) is 0 Å². The molecule has 3 fully saturated rings. The van der Waals surface area contributed by atoms with Crippen molar-refractivity contribution < 1.29 is 33.8 Å². The number of phenols is 1. The molecule has 6 unspecified atom stereocenters. The van der Waals surface area contributed by atoms with Crippen molar-refractivity contribution in [3.63, 3.8) is 0 Å². The first-order valence-corrected chi connectivity index (χ1v) is 18.9. The Morgan fingerprint density at radius 3 is 2.21 bits per heavy atom. The molecule has 9 rings (SSSR count). The number of fused-ring (bicyclic) bond motifs is 5. The maximum Gasteiger partial charge on any atom is 0.241 e. The second-order valence-corrected chi connectivity index (χ2v) is 15.3. The number of rotatable bonds is 7. The zero-order valence-electron chi connectivity index (χ0n) is 31.2. The molecule has 0 radical (unpaired) electrons. The number of imide groups is 2. The quantitative estimate of drug-likeness (QED) is 0.102. The lowest BCUT2D eigenvalue weighted by Gasteiger charge is -2.49. The van der Waals surface area contributed by atoms with Gasteiger partial charge in [0.15, 0.2) is 0 Å². The van der Waals surface area contributed by atoms with Gasteiger partial charge in [0, 0.05) is 17.0 Å². The van der Waals surface area contributed by atoms with E-state index < -0.39 is 35.0 Å². The van der Waals surface area contributed by atoms with Crippen LogP contribution in [0.2, 0.25) is 0 Å². The van der Waals surface area contributed by atoms with E-state index in [9.17, 15) is 24.3 Å². The van der Waals surface area contributed by atoms with Gasteiger partial charge in [0.05, 0.1) is 48.8 Å². The summed E-state index contributed by atoms with van der Waals surface area (Å²) in [4.78, 5) is 60.9. The Morgan fingerprint density at radius 1 is 0.732 bits per heavy atom. The average Bonchev–Trinajstić information content (AvgIpc) is 3.60. The van der Waals surface area contributed by atoms with Crippen LogP contribution in [0.15, 0.2) is 121 Å². The van der Waals surface area contributed by atoms with Gasteiger partial charge in [-0.2, -0.15) is 0 Å². The highest BCUT2D eigenvalue weighted by Gasteiger charge is 2.68. The molecular weight excluding hydrogens is 705 g/mol. The van der Waals surface area contributed by atoms with Crippen LogP contribution in [0.1, 0.15) is 42.4 Å². The number of phenolic OH excluding ortho intramolecular Hbond substituents is 1. The third-order valence-electron chi connectivity index (χ3n) is 12.6. The number of para-hydroxylation sites is 1. The van der Waals surface area contributed by atoms with E-state index >= 15 is 0 Å². The number of allylic oxidation sites excluding steroid dienone is 2. The SMILES string of the molecule is COc1ccc(OC)c(/C=C/c2ccc(N3C(=O)C4CC=C5C(CC6C(=O)N(c7ccccc7)C(=O)C6(C)C5c5c(O)ccc6ccccc56)C4C3=O)cc2)c1. The summed E-state index contributed by atoms with van der Waals surface area (Å²) < 4.78 is 10.9. The number of carbonyl (C=O) groups is 4. The van der Waals surface area contributed by atoms with Gasteiger partial charge < -0.3 is 14.6 Å². The molecule has 9 nitrogen and oxygen atoms in total. The lowest BCUT2D eigenvalue weighted by molar-refractivity contribution is -0.131. The van der Waals surface area contributed by atoms with E-state index in [4.69, 9.17) is 9.47 Å². The Hall–Kier alpha value is -6.48. The van der Waals surface area contributed by atoms with Crippen molar-refractivity contribution in [1.82, 2.24) is 0 Å². The molecule has 2 aliphatic heterocycles. The third kappa shape index (κ3) is 5.21. The molecule has 6 atom stereocenters. The van der Waals surface area contributed by atoms with Crippen molar-refractivity contribution in [2.24, 2.45) is 29.1 Å². The third-order valence-corrected chi connectivity index (χ3v) is 12.6. The molecule has 56 heavy (non-hydrogen) atoms. The number of amides is 4. The number of hydrogen-bond donors (Lipinski definition) is 1. The second kappa shape index (κ2) is 13.4. The number of ether oxygens (including phenoxy) is 2. The highest BCUT2D eigenvalue weighted by molar-refractivity contribution is 6.25. The minimum Gasteiger partial charge on any atom is -0.508 e. The first-order chi connectivity index (χ1) is 27.1. The van der Waals surface area contributed by atoms with E-state index in [0.717, 1.165) is 27.5 Å². The predicted molar refractivity (Wildman–Crippen MR) is 214 cm³/mol. The molecule has 5 aromatic carbocycles. The summed E-state index contributed by atoms with van der Waals surface area (Å²) in [7, 11) is 3.22. The summed E-state index contributed by atoms with van der Waals surface area (Å²) in [6, 6.07) is 32.9. The van der Waals surface area contributed by atoms with Gasteiger partial charge in [-0.05, 0) is 90.6 Å². The summed E-state index contributed by atoms with van der Waals surface area (Å²) in [6.45, 7) is 1.84. The van der Waals surface area contributed by atoms with Crippen molar-refractivity contribution in [3.05, 3.63) is 138 Å². The number of aromatic hydroxyl groups is 1. The molecule has 4 aliphatic rings. The van der Waals surface area contributed by atoms with E-state index in [0.29, 0.717) is 34.9 Å². The van der Waals surface area contributed by atoms with Crippen LogP contribution in [0.5, 0.6) is 17.2 Å². The van der Waals surface area contributed by atoms with Crippen LogP contribution >= 0.6 is 0 Å². The van der Waals surface area contributed by atoms with Crippen LogP contribution in [0.25, 0.3) is 22.9 Å². The summed E-state index contributed by atoms with van der Waals surface area (Å²) in [5, 5.41) is 13.3. The van der Waals surface area contributed by atoms with E-state index in [1.807, 2.05) is 91.9 Å². The van der Waals surface area contributed by atoms with Gasteiger partial charge in [-0.3, -0.25) is 24.1 Å². The summed E-state index contributed by atoms with van der Waals surface area (Å²) in [5.41, 5.74) is 2.75. The molecule has 0 aromatic heterocycles. The van der Waals surface area contributed by atoms with Crippen LogP contribution in [-0.2, 0) is 19.2 Å². The molecule has 280 valence electrons. The van der Waals surface area contributed by atoms with Crippen LogP contribution in [-0.4, -0.2) is 43.0 Å². The van der Waals surface area contributed by atoms with Gasteiger partial charge in [0.2, 0.25) is 23.6 Å². The summed E-state index contributed by atoms with van der Waals surface area (Å²) >= 11 is 0. The molecule has 4 amide bonds. The highest BCUT2D eigenvalue weighted by atomic mass is 16.5. The Kier molecular flexibility index (Phi) is 8.41. The summed E-state index contributed by atoms with van der Waals surface area (Å²) in [5.74, 6) is -3.26. The number of nitrogens with zero attached hydrogens (tertiary/aromatic N) is 2. The van der Waals surface area contributed by atoms with Gasteiger partial charge in [0.25, 0.3) is 0 Å². The highest BCUT2D eigenvalue weighted by Crippen LogP contribution is 2.65. The van der Waals surface area contributed by atoms with E-state index in [1.54, 1.807) is 56.7 Å². The van der Waals surface area contributed by atoms with Crippen molar-refractivity contribution >= 4 is 57.9 Å². The standard InChI is InChI=1S/C47H40N2O7/c1-47-37(44(52)49(46(47)54)30-10-5-4-6-11-30)26-36-34(42(47)41-33-12-8-7-9-28(33)17-23-38(41)50)21-22-35-40(36)45(53)48(43(35)51)31-18-14-27(15-19-31)13-16-29-25-32(55-2)20-24-39(29)56-3/h4-21,23-25,35-37,40,42,50H,22,26H2,1-3H3/b16-13+. The molecule has 2 aliphatic carbocycles. The number of hydrogen-bond acceptors (Lipinski definition) is 7. The zero-order valence-corrected chi connectivity index (χ0v) is 31.2. The first kappa shape index (κ1) is 35.2. The van der Waals surface area contributed by atoms with Crippen molar-refractivity contribution in [1.29, 1.82) is 0 Å². The largest absolute Gasteiger partial charge is 0.508 e. The van der Waals surface area contributed by atoms with E-state index in [-0.39, 0.29) is 35.8 Å². The Labute approximate surface area is 324 Å². The average molecular weight is 745 g/mol. The van der Waals surface area contributed by atoms with Crippen LogP contribution in [0.4, 0.5) is 11.4 Å². The van der Waals surface area contributed by atoms with E-state index in [2.05, 4.69) is 0 Å². The zero-order chi connectivity index (χ0) is 38.9.